The minimum Gasteiger partial charge on any atom is -0.309 e. The molecule has 0 aliphatic heterocycles. The van der Waals surface area contributed by atoms with Crippen LogP contribution in [0.15, 0.2) is 35.7 Å². The molecule has 1 aromatic carbocycles. The van der Waals surface area contributed by atoms with Crippen LogP contribution in [0.1, 0.15) is 43.7 Å². The Labute approximate surface area is 141 Å². The maximum absolute atomic E-state index is 6.33. The molecule has 1 atom stereocenters. The molecule has 2 rings (SSSR count). The van der Waals surface area contributed by atoms with Crippen molar-refractivity contribution >= 4 is 34.5 Å². The number of rotatable bonds is 6. The fraction of sp³-hybridized carbons (Fsp3) is 0.412. The lowest BCUT2D eigenvalue weighted by atomic mass is 9.90. The Morgan fingerprint density at radius 2 is 2.00 bits per heavy atom. The quantitative estimate of drug-likeness (QED) is 0.671. The van der Waals surface area contributed by atoms with Crippen molar-refractivity contribution in [2.75, 3.05) is 6.54 Å². The van der Waals surface area contributed by atoms with Gasteiger partial charge in [-0.05, 0) is 35.6 Å². The summed E-state index contributed by atoms with van der Waals surface area (Å²) in [5, 5.41) is 7.19. The van der Waals surface area contributed by atoms with Gasteiger partial charge in [-0.3, -0.25) is 0 Å². The summed E-state index contributed by atoms with van der Waals surface area (Å²) in [6.45, 7) is 7.61. The predicted molar refractivity (Wildman–Crippen MR) is 94.8 cm³/mol. The van der Waals surface area contributed by atoms with Crippen molar-refractivity contribution in [2.24, 2.45) is 0 Å². The number of nitrogens with one attached hydrogen (secondary N) is 1. The summed E-state index contributed by atoms with van der Waals surface area (Å²) in [6.07, 6.45) is 0.988. The van der Waals surface area contributed by atoms with Gasteiger partial charge in [0.15, 0.2) is 0 Å². The highest BCUT2D eigenvalue weighted by Gasteiger charge is 2.23. The molecule has 1 unspecified atom stereocenters. The zero-order chi connectivity index (χ0) is 15.5. The van der Waals surface area contributed by atoms with E-state index in [1.54, 1.807) is 11.3 Å². The van der Waals surface area contributed by atoms with E-state index >= 15 is 0 Å². The van der Waals surface area contributed by atoms with E-state index < -0.39 is 0 Å². The summed E-state index contributed by atoms with van der Waals surface area (Å²) in [6, 6.07) is 10.3. The first-order valence-corrected chi connectivity index (χ1v) is 8.80. The molecule has 0 aliphatic rings. The average molecular weight is 342 g/mol. The minimum absolute atomic E-state index is 0.112. The molecule has 1 nitrogen and oxygen atoms in total. The van der Waals surface area contributed by atoms with Gasteiger partial charge in [0.25, 0.3) is 0 Å². The lowest BCUT2D eigenvalue weighted by Crippen LogP contribution is -2.34. The molecule has 1 N–H and O–H groups in total. The Morgan fingerprint density at radius 3 is 2.57 bits per heavy atom. The van der Waals surface area contributed by atoms with Crippen molar-refractivity contribution in [1.29, 1.82) is 0 Å². The molecule has 21 heavy (non-hydrogen) atoms. The third kappa shape index (κ3) is 4.23. The summed E-state index contributed by atoms with van der Waals surface area (Å²) >= 11 is 14.1. The van der Waals surface area contributed by atoms with E-state index in [4.69, 9.17) is 23.2 Å². The molecule has 0 saturated heterocycles. The van der Waals surface area contributed by atoms with Crippen molar-refractivity contribution in [3.8, 4) is 0 Å². The summed E-state index contributed by atoms with van der Waals surface area (Å²) in [7, 11) is 0. The average Bonchev–Trinajstić information content (AvgIpc) is 2.96. The second-order valence-electron chi connectivity index (χ2n) is 5.87. The Balaban J connectivity index is 2.09. The van der Waals surface area contributed by atoms with Gasteiger partial charge in [-0.1, -0.05) is 56.1 Å². The first-order chi connectivity index (χ1) is 9.94. The van der Waals surface area contributed by atoms with Crippen molar-refractivity contribution in [3.63, 3.8) is 0 Å². The van der Waals surface area contributed by atoms with Gasteiger partial charge in [0.05, 0.1) is 0 Å². The molecule has 0 aliphatic carbocycles. The highest BCUT2D eigenvalue weighted by atomic mass is 35.5. The van der Waals surface area contributed by atoms with Crippen molar-refractivity contribution in [2.45, 2.75) is 38.6 Å². The minimum atomic E-state index is 0.112. The van der Waals surface area contributed by atoms with Crippen LogP contribution in [0.2, 0.25) is 10.0 Å². The van der Waals surface area contributed by atoms with Crippen molar-refractivity contribution in [3.05, 3.63) is 56.2 Å². The van der Waals surface area contributed by atoms with Crippen LogP contribution >= 0.6 is 34.5 Å². The zero-order valence-electron chi connectivity index (χ0n) is 12.6. The Hall–Kier alpha value is -0.540. The number of hydrogen-bond acceptors (Lipinski definition) is 2. The van der Waals surface area contributed by atoms with Crippen molar-refractivity contribution < 1.29 is 0 Å². The molecular formula is C17H21Cl2NS. The molecular weight excluding hydrogens is 321 g/mol. The van der Waals surface area contributed by atoms with Crippen LogP contribution in [0.25, 0.3) is 0 Å². The maximum Gasteiger partial charge on any atom is 0.0468 e. The van der Waals surface area contributed by atoms with Gasteiger partial charge >= 0.3 is 0 Å². The van der Waals surface area contributed by atoms with Crippen LogP contribution < -0.4 is 5.32 Å². The molecule has 0 bridgehead atoms. The summed E-state index contributed by atoms with van der Waals surface area (Å²) < 4.78 is 0. The zero-order valence-corrected chi connectivity index (χ0v) is 14.9. The first kappa shape index (κ1) is 16.8. The van der Waals surface area contributed by atoms with Crippen molar-refractivity contribution in [1.82, 2.24) is 5.32 Å². The summed E-state index contributed by atoms with van der Waals surface area (Å²) in [5.74, 6) is 0. The number of hydrogen-bond donors (Lipinski definition) is 1. The second-order valence-corrected chi connectivity index (χ2v) is 7.66. The van der Waals surface area contributed by atoms with Crippen LogP contribution in [0, 0.1) is 0 Å². The fourth-order valence-electron chi connectivity index (χ4n) is 2.39. The second kappa shape index (κ2) is 7.15. The van der Waals surface area contributed by atoms with E-state index in [9.17, 15) is 0 Å². The van der Waals surface area contributed by atoms with Crippen LogP contribution in [0.4, 0.5) is 0 Å². The molecule has 114 valence electrons. The molecule has 1 heterocycles. The molecule has 1 aromatic heterocycles. The van der Waals surface area contributed by atoms with E-state index in [0.29, 0.717) is 5.02 Å². The van der Waals surface area contributed by atoms with E-state index in [1.807, 2.05) is 18.2 Å². The Morgan fingerprint density at radius 1 is 1.24 bits per heavy atom. The number of halogens is 2. The standard InChI is InChI=1S/C17H21Cl2NS/c1-4-15(13-8-7-12(18)10-14(13)19)20-11-17(2,3)16-6-5-9-21-16/h5-10,15,20H,4,11H2,1-3H3. The molecule has 2 aromatic rings. The van der Waals surface area contributed by atoms with Gasteiger partial charge in [-0.15, -0.1) is 11.3 Å². The fourth-order valence-corrected chi connectivity index (χ4v) is 3.78. The van der Waals surface area contributed by atoms with Crippen LogP contribution in [-0.2, 0) is 5.41 Å². The first-order valence-electron chi connectivity index (χ1n) is 7.16. The molecule has 0 amide bonds. The molecule has 0 saturated carbocycles. The van der Waals surface area contributed by atoms with E-state index in [1.165, 1.54) is 4.88 Å². The lowest BCUT2D eigenvalue weighted by molar-refractivity contribution is 0.421. The van der Waals surface area contributed by atoms with Crippen LogP contribution in [0.3, 0.4) is 0 Å². The number of thiophene rings is 1. The van der Waals surface area contributed by atoms with Gasteiger partial charge in [0.1, 0.15) is 0 Å². The van der Waals surface area contributed by atoms with E-state index in [0.717, 1.165) is 23.6 Å². The van der Waals surface area contributed by atoms with Gasteiger partial charge < -0.3 is 5.32 Å². The van der Waals surface area contributed by atoms with Gasteiger partial charge in [0, 0.05) is 32.9 Å². The van der Waals surface area contributed by atoms with Crippen LogP contribution in [-0.4, -0.2) is 6.54 Å². The third-order valence-corrected chi connectivity index (χ3v) is 5.52. The van der Waals surface area contributed by atoms with Crippen LogP contribution in [0.5, 0.6) is 0 Å². The largest absolute Gasteiger partial charge is 0.309 e. The highest BCUT2D eigenvalue weighted by Crippen LogP contribution is 2.31. The van der Waals surface area contributed by atoms with Gasteiger partial charge in [-0.25, -0.2) is 0 Å². The SMILES string of the molecule is CCC(NCC(C)(C)c1cccs1)c1ccc(Cl)cc1Cl. The molecule has 0 fully saturated rings. The number of benzene rings is 1. The maximum atomic E-state index is 6.33. The van der Waals surface area contributed by atoms with Gasteiger partial charge in [0.2, 0.25) is 0 Å². The Bertz CT molecular complexity index is 578. The smallest absolute Gasteiger partial charge is 0.0468 e. The predicted octanol–water partition coefficient (Wildman–Crippen LogP) is 6.07. The summed E-state index contributed by atoms with van der Waals surface area (Å²) in [4.78, 5) is 1.40. The Kier molecular flexibility index (Phi) is 5.73. The van der Waals surface area contributed by atoms with E-state index in [-0.39, 0.29) is 11.5 Å². The summed E-state index contributed by atoms with van der Waals surface area (Å²) in [5.41, 5.74) is 1.23. The molecule has 0 radical (unpaired) electrons. The highest BCUT2D eigenvalue weighted by molar-refractivity contribution is 7.10. The molecule has 4 heteroatoms. The third-order valence-electron chi connectivity index (χ3n) is 3.72. The van der Waals surface area contributed by atoms with Gasteiger partial charge in [-0.2, -0.15) is 0 Å². The normalized spacial score (nSPS) is 13.4. The topological polar surface area (TPSA) is 12.0 Å². The lowest BCUT2D eigenvalue weighted by Gasteiger charge is -2.28. The monoisotopic (exact) mass is 341 g/mol. The van der Waals surface area contributed by atoms with E-state index in [2.05, 4.69) is 43.6 Å². The molecule has 0 spiro atoms.